The molecule has 1 aromatic rings. The fourth-order valence-corrected chi connectivity index (χ4v) is 3.73. The van der Waals surface area contributed by atoms with Crippen molar-refractivity contribution in [1.29, 1.82) is 0 Å². The second-order valence-electron chi connectivity index (χ2n) is 4.40. The first-order valence-electron chi connectivity index (χ1n) is 5.90. The van der Waals surface area contributed by atoms with Gasteiger partial charge in [-0.05, 0) is 0 Å². The quantitative estimate of drug-likeness (QED) is 0.842. The molecule has 1 N–H and O–H groups in total. The number of benzene rings is 1. The van der Waals surface area contributed by atoms with Gasteiger partial charge in [0.25, 0.3) is 0 Å². The van der Waals surface area contributed by atoms with Gasteiger partial charge in [0.15, 0.2) is 0 Å². The van der Waals surface area contributed by atoms with Gasteiger partial charge in [0.2, 0.25) is 0 Å². The maximum atomic E-state index is 10.3. The van der Waals surface area contributed by atoms with Crippen molar-refractivity contribution in [1.82, 2.24) is 0 Å². The molecule has 0 radical (unpaired) electrons. The predicted octanol–water partition coefficient (Wildman–Crippen LogP) is 2.22. The Balaban J connectivity index is 1.89. The van der Waals surface area contributed by atoms with Gasteiger partial charge in [0.1, 0.15) is 0 Å². The normalized spacial score (nSPS) is 20.1. The Hall–Kier alpha value is -0.561. The van der Waals surface area contributed by atoms with E-state index >= 15 is 0 Å². The van der Waals surface area contributed by atoms with Gasteiger partial charge in [0, 0.05) is 0 Å². The van der Waals surface area contributed by atoms with Crippen LogP contribution in [0.2, 0.25) is 0 Å². The van der Waals surface area contributed by atoms with Crippen LogP contribution in [-0.4, -0.2) is 25.7 Å². The average molecular weight is 281 g/mol. The Morgan fingerprint density at radius 2 is 1.75 bits per heavy atom. The van der Waals surface area contributed by atoms with E-state index in [1.54, 1.807) is 0 Å². The molecule has 1 fully saturated rings. The van der Waals surface area contributed by atoms with E-state index in [0.717, 1.165) is 12.8 Å². The van der Waals surface area contributed by atoms with Gasteiger partial charge in [-0.1, -0.05) is 0 Å². The molecular formula is C14H18OSe. The van der Waals surface area contributed by atoms with Crippen LogP contribution in [0, 0.1) is 0 Å². The summed E-state index contributed by atoms with van der Waals surface area (Å²) in [7, 11) is 0. The molecule has 0 atom stereocenters. The molecule has 1 saturated carbocycles. The first kappa shape index (κ1) is 11.9. The predicted molar refractivity (Wildman–Crippen MR) is 69.0 cm³/mol. The van der Waals surface area contributed by atoms with Crippen molar-refractivity contribution < 1.29 is 5.11 Å². The molecule has 0 bridgehead atoms. The molecule has 86 valence electrons. The molecule has 0 saturated heterocycles. The van der Waals surface area contributed by atoms with Crippen LogP contribution in [0.4, 0.5) is 0 Å². The third kappa shape index (κ3) is 3.48. The third-order valence-electron chi connectivity index (χ3n) is 3.04. The Morgan fingerprint density at radius 1 is 1.06 bits per heavy atom. The molecular weight excluding hydrogens is 263 g/mol. The molecule has 1 nitrogen and oxygen atoms in total. The summed E-state index contributed by atoms with van der Waals surface area (Å²) < 4.78 is 1.37. The molecule has 16 heavy (non-hydrogen) atoms. The zero-order valence-electron chi connectivity index (χ0n) is 9.43. The average Bonchev–Trinajstić information content (AvgIpc) is 2.31. The van der Waals surface area contributed by atoms with E-state index < -0.39 is 5.60 Å². The summed E-state index contributed by atoms with van der Waals surface area (Å²) in [5, 5.41) is 10.3. The summed E-state index contributed by atoms with van der Waals surface area (Å²) in [4.78, 5) is 2.17. The first-order valence-corrected chi connectivity index (χ1v) is 7.75. The van der Waals surface area contributed by atoms with E-state index in [0.29, 0.717) is 15.0 Å². The monoisotopic (exact) mass is 282 g/mol. The molecule has 0 amide bonds. The van der Waals surface area contributed by atoms with Gasteiger partial charge in [-0.2, -0.15) is 0 Å². The molecule has 0 spiro atoms. The second kappa shape index (κ2) is 5.67. The number of hydrogen-bond acceptors (Lipinski definition) is 1. The summed E-state index contributed by atoms with van der Waals surface area (Å²) >= 11 is 0.356. The molecule has 0 heterocycles. The van der Waals surface area contributed by atoms with Gasteiger partial charge >= 0.3 is 104 Å². The zero-order chi connectivity index (χ0) is 11.3. The zero-order valence-corrected chi connectivity index (χ0v) is 11.1. The van der Waals surface area contributed by atoms with E-state index in [1.165, 1.54) is 23.7 Å². The molecule has 2 heteroatoms. The maximum absolute atomic E-state index is 10.3. The van der Waals surface area contributed by atoms with Crippen molar-refractivity contribution in [3.63, 3.8) is 0 Å². The minimum atomic E-state index is -0.505. The van der Waals surface area contributed by atoms with Crippen molar-refractivity contribution in [2.45, 2.75) is 37.7 Å². The Kier molecular flexibility index (Phi) is 4.22. The van der Waals surface area contributed by atoms with Gasteiger partial charge < -0.3 is 0 Å². The summed E-state index contributed by atoms with van der Waals surface area (Å²) in [6, 6.07) is 10.5. The molecule has 0 aliphatic heterocycles. The van der Waals surface area contributed by atoms with Crippen LogP contribution in [0.15, 0.2) is 41.4 Å². The topological polar surface area (TPSA) is 20.2 Å². The number of hydrogen-bond donors (Lipinski definition) is 1. The molecule has 0 unspecified atom stereocenters. The van der Waals surface area contributed by atoms with E-state index in [9.17, 15) is 5.11 Å². The van der Waals surface area contributed by atoms with Gasteiger partial charge in [-0.15, -0.1) is 0 Å². The van der Waals surface area contributed by atoms with Gasteiger partial charge in [0.05, 0.1) is 0 Å². The van der Waals surface area contributed by atoms with Crippen molar-refractivity contribution >= 4 is 19.4 Å². The van der Waals surface area contributed by atoms with Crippen LogP contribution in [0.1, 0.15) is 32.1 Å². The SMILES string of the molecule is OC1(/C=C\[Se]c2ccccc2)CCCCC1. The minimum absolute atomic E-state index is 0.356. The molecule has 2 rings (SSSR count). The standard InChI is InChI=1S/C14H18OSe/c15-14(9-5-2-6-10-14)11-12-16-13-7-3-1-4-8-13/h1,3-4,7-8,11-12,15H,2,5-6,9-10H2/b12-11-. The van der Waals surface area contributed by atoms with Crippen molar-refractivity contribution in [2.24, 2.45) is 0 Å². The number of aliphatic hydroxyl groups is 1. The van der Waals surface area contributed by atoms with Crippen molar-refractivity contribution in [3.05, 3.63) is 41.4 Å². The summed E-state index contributed by atoms with van der Waals surface area (Å²) in [6.07, 6.45) is 7.53. The van der Waals surface area contributed by atoms with Crippen LogP contribution in [0.25, 0.3) is 0 Å². The summed E-state index contributed by atoms with van der Waals surface area (Å²) in [5.74, 6) is 0. The van der Waals surface area contributed by atoms with Gasteiger partial charge in [-0.3, -0.25) is 0 Å². The van der Waals surface area contributed by atoms with Crippen LogP contribution in [0.5, 0.6) is 0 Å². The molecule has 1 aliphatic carbocycles. The Morgan fingerprint density at radius 3 is 2.44 bits per heavy atom. The van der Waals surface area contributed by atoms with Crippen LogP contribution in [0.3, 0.4) is 0 Å². The van der Waals surface area contributed by atoms with E-state index in [4.69, 9.17) is 0 Å². The van der Waals surface area contributed by atoms with Crippen molar-refractivity contribution in [3.8, 4) is 0 Å². The Bertz CT molecular complexity index is 339. The second-order valence-corrected chi connectivity index (χ2v) is 6.45. The molecule has 0 aromatic heterocycles. The van der Waals surface area contributed by atoms with Crippen LogP contribution < -0.4 is 4.46 Å². The fraction of sp³-hybridized carbons (Fsp3) is 0.429. The number of rotatable bonds is 3. The van der Waals surface area contributed by atoms with Crippen LogP contribution in [-0.2, 0) is 0 Å². The van der Waals surface area contributed by atoms with Crippen LogP contribution >= 0.6 is 0 Å². The fourth-order valence-electron chi connectivity index (χ4n) is 2.07. The van der Waals surface area contributed by atoms with Gasteiger partial charge in [-0.25, -0.2) is 0 Å². The Labute approximate surface area is 104 Å². The van der Waals surface area contributed by atoms with Crippen molar-refractivity contribution in [2.75, 3.05) is 0 Å². The first-order chi connectivity index (χ1) is 7.79. The van der Waals surface area contributed by atoms with E-state index in [-0.39, 0.29) is 0 Å². The van der Waals surface area contributed by atoms with E-state index in [2.05, 4.69) is 29.2 Å². The molecule has 1 aromatic carbocycles. The summed E-state index contributed by atoms with van der Waals surface area (Å²) in [5.41, 5.74) is -0.505. The van der Waals surface area contributed by atoms with E-state index in [1.807, 2.05) is 12.1 Å². The third-order valence-corrected chi connectivity index (χ3v) is 4.76. The summed E-state index contributed by atoms with van der Waals surface area (Å²) in [6.45, 7) is 0. The molecule has 1 aliphatic rings.